The van der Waals surface area contributed by atoms with Crippen molar-refractivity contribution >= 4 is 27.4 Å². The van der Waals surface area contributed by atoms with Crippen molar-refractivity contribution in [3.05, 3.63) is 32.8 Å². The number of aromatic nitrogens is 4. The van der Waals surface area contributed by atoms with E-state index in [4.69, 9.17) is 5.73 Å². The fourth-order valence-electron chi connectivity index (χ4n) is 1.29. The Bertz CT molecular complexity index is 589. The van der Waals surface area contributed by atoms with E-state index in [9.17, 15) is 4.79 Å². The van der Waals surface area contributed by atoms with Crippen molar-refractivity contribution in [3.8, 4) is 0 Å². The minimum atomic E-state index is -0.199. The second-order valence-corrected chi connectivity index (χ2v) is 4.26. The van der Waals surface area contributed by atoms with E-state index in [0.29, 0.717) is 22.5 Å². The second kappa shape index (κ2) is 4.58. The molecule has 0 saturated heterocycles. The summed E-state index contributed by atoms with van der Waals surface area (Å²) in [5.74, 6) is 0.505. The number of H-pyrrole nitrogens is 1. The van der Waals surface area contributed by atoms with E-state index in [1.165, 1.54) is 4.68 Å². The average Bonchev–Trinajstić information content (AvgIpc) is 2.71. The van der Waals surface area contributed by atoms with Crippen LogP contribution in [0.4, 0.5) is 11.5 Å². The van der Waals surface area contributed by atoms with Gasteiger partial charge in [0.05, 0.1) is 18.1 Å². The van der Waals surface area contributed by atoms with E-state index in [1.807, 2.05) is 0 Å². The molecule has 0 aromatic carbocycles. The molecule has 90 valence electrons. The summed E-state index contributed by atoms with van der Waals surface area (Å²) in [7, 11) is 1.59. The van der Waals surface area contributed by atoms with Crippen molar-refractivity contribution in [1.29, 1.82) is 0 Å². The van der Waals surface area contributed by atoms with Crippen LogP contribution >= 0.6 is 15.9 Å². The maximum absolute atomic E-state index is 11.6. The molecule has 0 aliphatic heterocycles. The standard InChI is InChI=1S/C9H11BrN6O/c1-16-9(17)7(10)6(4-14-16)12-2-5-3-13-15-8(5)11/h3-4,12H,2H2,1H3,(H3,11,13,15). The van der Waals surface area contributed by atoms with Crippen LogP contribution in [-0.4, -0.2) is 20.0 Å². The number of nitrogens with zero attached hydrogens (tertiary/aromatic N) is 3. The fraction of sp³-hybridized carbons (Fsp3) is 0.222. The number of nitrogens with two attached hydrogens (primary N) is 1. The molecule has 0 saturated carbocycles. The van der Waals surface area contributed by atoms with E-state index < -0.39 is 0 Å². The summed E-state index contributed by atoms with van der Waals surface area (Å²) in [4.78, 5) is 11.6. The lowest BCUT2D eigenvalue weighted by atomic mass is 10.3. The van der Waals surface area contributed by atoms with Gasteiger partial charge in [-0.2, -0.15) is 10.2 Å². The normalized spacial score (nSPS) is 10.5. The van der Waals surface area contributed by atoms with Gasteiger partial charge in [0.2, 0.25) is 0 Å². The van der Waals surface area contributed by atoms with Crippen molar-refractivity contribution in [2.75, 3.05) is 11.1 Å². The summed E-state index contributed by atoms with van der Waals surface area (Å²) in [5, 5.41) is 13.4. The molecule has 2 rings (SSSR count). The lowest BCUT2D eigenvalue weighted by molar-refractivity contribution is 0.703. The monoisotopic (exact) mass is 298 g/mol. The second-order valence-electron chi connectivity index (χ2n) is 3.46. The molecular weight excluding hydrogens is 288 g/mol. The molecule has 0 atom stereocenters. The number of anilines is 2. The summed E-state index contributed by atoms with van der Waals surface area (Å²) in [6.45, 7) is 0.468. The van der Waals surface area contributed by atoms with E-state index in [2.05, 4.69) is 36.5 Å². The number of aryl methyl sites for hydroxylation is 1. The summed E-state index contributed by atoms with van der Waals surface area (Å²) in [6.07, 6.45) is 3.20. The summed E-state index contributed by atoms with van der Waals surface area (Å²) in [5.41, 5.74) is 6.90. The predicted octanol–water partition coefficient (Wildman–Crippen LogP) is 0.460. The number of hydrogen-bond donors (Lipinski definition) is 3. The molecule has 2 aromatic rings. The van der Waals surface area contributed by atoms with Crippen LogP contribution in [0.1, 0.15) is 5.56 Å². The van der Waals surface area contributed by atoms with Crippen molar-refractivity contribution in [2.45, 2.75) is 6.54 Å². The number of nitrogen functional groups attached to an aromatic ring is 1. The van der Waals surface area contributed by atoms with Crippen LogP contribution < -0.4 is 16.6 Å². The van der Waals surface area contributed by atoms with Crippen LogP contribution in [0.3, 0.4) is 0 Å². The van der Waals surface area contributed by atoms with Crippen molar-refractivity contribution in [3.63, 3.8) is 0 Å². The molecule has 2 aromatic heterocycles. The number of hydrogen-bond acceptors (Lipinski definition) is 5. The van der Waals surface area contributed by atoms with Crippen LogP contribution in [0, 0.1) is 0 Å². The Kier molecular flexibility index (Phi) is 3.14. The van der Waals surface area contributed by atoms with Gasteiger partial charge in [-0.1, -0.05) is 0 Å². The highest BCUT2D eigenvalue weighted by Crippen LogP contribution is 2.17. The predicted molar refractivity (Wildman–Crippen MR) is 67.5 cm³/mol. The van der Waals surface area contributed by atoms with E-state index >= 15 is 0 Å². The third-order valence-electron chi connectivity index (χ3n) is 2.30. The van der Waals surface area contributed by atoms with Gasteiger partial charge in [-0.05, 0) is 15.9 Å². The van der Waals surface area contributed by atoms with Gasteiger partial charge in [0, 0.05) is 19.2 Å². The first-order chi connectivity index (χ1) is 8.09. The van der Waals surface area contributed by atoms with E-state index in [-0.39, 0.29) is 5.56 Å². The topological polar surface area (TPSA) is 102 Å². The number of halogens is 1. The molecule has 0 radical (unpaired) electrons. The van der Waals surface area contributed by atoms with Gasteiger partial charge in [-0.15, -0.1) is 0 Å². The number of aromatic amines is 1. The van der Waals surface area contributed by atoms with Crippen LogP contribution in [0.15, 0.2) is 21.7 Å². The molecular formula is C9H11BrN6O. The molecule has 17 heavy (non-hydrogen) atoms. The van der Waals surface area contributed by atoms with Crippen LogP contribution in [0.5, 0.6) is 0 Å². The Morgan fingerprint density at radius 2 is 2.35 bits per heavy atom. The third-order valence-corrected chi connectivity index (χ3v) is 3.07. The molecule has 0 spiro atoms. The lowest BCUT2D eigenvalue weighted by Gasteiger charge is -2.07. The first-order valence-corrected chi connectivity index (χ1v) is 5.62. The lowest BCUT2D eigenvalue weighted by Crippen LogP contribution is -2.21. The molecule has 4 N–H and O–H groups in total. The van der Waals surface area contributed by atoms with E-state index in [1.54, 1.807) is 19.4 Å². The largest absolute Gasteiger partial charge is 0.384 e. The first-order valence-electron chi connectivity index (χ1n) is 4.83. The van der Waals surface area contributed by atoms with Crippen LogP contribution in [0.25, 0.3) is 0 Å². The Labute approximate surface area is 105 Å². The molecule has 0 amide bonds. The molecule has 0 bridgehead atoms. The quantitative estimate of drug-likeness (QED) is 0.764. The molecule has 0 unspecified atom stereocenters. The average molecular weight is 299 g/mol. The summed E-state index contributed by atoms with van der Waals surface area (Å²) in [6, 6.07) is 0. The molecule has 7 nitrogen and oxygen atoms in total. The third kappa shape index (κ3) is 2.31. The van der Waals surface area contributed by atoms with Gasteiger partial charge < -0.3 is 11.1 Å². The van der Waals surface area contributed by atoms with Gasteiger partial charge in [0.15, 0.2) is 0 Å². The zero-order valence-electron chi connectivity index (χ0n) is 9.07. The highest BCUT2D eigenvalue weighted by molar-refractivity contribution is 9.10. The van der Waals surface area contributed by atoms with Crippen molar-refractivity contribution in [1.82, 2.24) is 20.0 Å². The maximum Gasteiger partial charge on any atom is 0.282 e. The Hall–Kier alpha value is -1.83. The molecule has 2 heterocycles. The molecule has 0 fully saturated rings. The minimum Gasteiger partial charge on any atom is -0.384 e. The van der Waals surface area contributed by atoms with Crippen LogP contribution in [0.2, 0.25) is 0 Å². The van der Waals surface area contributed by atoms with Gasteiger partial charge in [0.1, 0.15) is 10.3 Å². The zero-order chi connectivity index (χ0) is 12.4. The SMILES string of the molecule is Cn1ncc(NCc2cn[nH]c2N)c(Br)c1=O. The Balaban J connectivity index is 2.18. The van der Waals surface area contributed by atoms with E-state index in [0.717, 1.165) is 5.56 Å². The van der Waals surface area contributed by atoms with Gasteiger partial charge >= 0.3 is 0 Å². The Morgan fingerprint density at radius 3 is 3.00 bits per heavy atom. The van der Waals surface area contributed by atoms with Gasteiger partial charge in [-0.3, -0.25) is 9.89 Å². The summed E-state index contributed by atoms with van der Waals surface area (Å²) < 4.78 is 1.69. The first kappa shape index (κ1) is 11.6. The highest BCUT2D eigenvalue weighted by Gasteiger charge is 2.07. The number of nitrogens with one attached hydrogen (secondary N) is 2. The smallest absolute Gasteiger partial charge is 0.282 e. The highest BCUT2D eigenvalue weighted by atomic mass is 79.9. The molecule has 0 aliphatic rings. The zero-order valence-corrected chi connectivity index (χ0v) is 10.7. The minimum absolute atomic E-state index is 0.199. The van der Waals surface area contributed by atoms with Gasteiger partial charge in [0.25, 0.3) is 5.56 Å². The molecule has 8 heteroatoms. The maximum atomic E-state index is 11.6. The van der Waals surface area contributed by atoms with Crippen molar-refractivity contribution < 1.29 is 0 Å². The van der Waals surface area contributed by atoms with Crippen molar-refractivity contribution in [2.24, 2.45) is 7.05 Å². The van der Waals surface area contributed by atoms with Gasteiger partial charge in [-0.25, -0.2) is 4.68 Å². The number of rotatable bonds is 3. The summed E-state index contributed by atoms with van der Waals surface area (Å²) >= 11 is 3.22. The fourth-order valence-corrected chi connectivity index (χ4v) is 1.79. The Morgan fingerprint density at radius 1 is 1.59 bits per heavy atom. The van der Waals surface area contributed by atoms with Crippen LogP contribution in [-0.2, 0) is 13.6 Å². The molecule has 0 aliphatic carbocycles.